The summed E-state index contributed by atoms with van der Waals surface area (Å²) in [7, 11) is 0. The molecule has 13 heteroatoms. The summed E-state index contributed by atoms with van der Waals surface area (Å²) in [5, 5.41) is 24.9. The van der Waals surface area contributed by atoms with Crippen molar-refractivity contribution in [2.75, 3.05) is 0 Å². The van der Waals surface area contributed by atoms with Crippen LogP contribution in [-0.4, -0.2) is 43.1 Å². The van der Waals surface area contributed by atoms with E-state index < -0.39 is 29.9 Å². The highest BCUT2D eigenvalue weighted by molar-refractivity contribution is 5.84. The first kappa shape index (κ1) is 24.4. The number of hydrogen-bond donors (Lipinski definition) is 3. The maximum Gasteiger partial charge on any atom is 0.435 e. The molecule has 0 fully saturated rings. The first-order valence-electron chi connectivity index (χ1n) is 10.5. The predicted molar refractivity (Wildman–Crippen MR) is 120 cm³/mol. The largest absolute Gasteiger partial charge is 0.465 e. The van der Waals surface area contributed by atoms with Crippen molar-refractivity contribution >= 4 is 12.0 Å². The van der Waals surface area contributed by atoms with Gasteiger partial charge in [-0.05, 0) is 36.8 Å². The molecular weight excluding hydrogens is 481 g/mol. The maximum absolute atomic E-state index is 13.5. The lowest BCUT2D eigenvalue weighted by Crippen LogP contribution is -2.44. The molecule has 0 saturated carbocycles. The van der Waals surface area contributed by atoms with Crippen LogP contribution in [0.4, 0.5) is 18.0 Å². The van der Waals surface area contributed by atoms with E-state index in [4.69, 9.17) is 9.52 Å². The summed E-state index contributed by atoms with van der Waals surface area (Å²) >= 11 is 0. The number of carbonyl (C=O) groups excluding carboxylic acids is 1. The fraction of sp³-hybridized carbons (Fsp3) is 0.174. The minimum atomic E-state index is -4.72. The molecule has 2 aromatic heterocycles. The number of hydrogen-bond acceptors (Lipinski definition) is 6. The summed E-state index contributed by atoms with van der Waals surface area (Å²) in [6.07, 6.45) is -6.07. The van der Waals surface area contributed by atoms with Gasteiger partial charge in [0.05, 0.1) is 5.69 Å². The van der Waals surface area contributed by atoms with Gasteiger partial charge in [0, 0.05) is 18.2 Å². The van der Waals surface area contributed by atoms with Gasteiger partial charge >= 0.3 is 12.3 Å². The van der Waals surface area contributed by atoms with Crippen LogP contribution < -0.4 is 10.6 Å². The zero-order chi connectivity index (χ0) is 25.9. The zero-order valence-electron chi connectivity index (χ0n) is 18.7. The van der Waals surface area contributed by atoms with Crippen LogP contribution in [0.3, 0.4) is 0 Å². The highest BCUT2D eigenvalue weighted by Gasteiger charge is 2.36. The van der Waals surface area contributed by atoms with E-state index >= 15 is 0 Å². The van der Waals surface area contributed by atoms with Gasteiger partial charge in [-0.1, -0.05) is 30.3 Å². The molecule has 36 heavy (non-hydrogen) atoms. The number of aromatic nitrogens is 4. The van der Waals surface area contributed by atoms with Crippen LogP contribution in [0.1, 0.15) is 18.2 Å². The van der Waals surface area contributed by atoms with Crippen LogP contribution in [0.15, 0.2) is 65.1 Å². The summed E-state index contributed by atoms with van der Waals surface area (Å²) < 4.78 is 47.2. The molecule has 0 radical (unpaired) electrons. The zero-order valence-corrected chi connectivity index (χ0v) is 18.7. The summed E-state index contributed by atoms with van der Waals surface area (Å²) in [4.78, 5) is 22.8. The second kappa shape index (κ2) is 9.90. The molecule has 1 unspecified atom stereocenters. The van der Waals surface area contributed by atoms with Crippen molar-refractivity contribution in [1.29, 1.82) is 0 Å². The molecule has 2 heterocycles. The van der Waals surface area contributed by atoms with E-state index in [1.54, 1.807) is 42.5 Å². The Balaban J connectivity index is 1.65. The number of amides is 2. The van der Waals surface area contributed by atoms with Gasteiger partial charge in [-0.15, -0.1) is 10.2 Å². The number of nitrogens with one attached hydrogen (secondary N) is 2. The SMILES string of the molecule is CC(NC(=O)O)C(=O)NCc1cccc(-n2nc(C(F)(F)F)cc2-c2nnc(-c3ccccc3)o2)c1. The van der Waals surface area contributed by atoms with Crippen LogP contribution in [0.25, 0.3) is 28.7 Å². The van der Waals surface area contributed by atoms with E-state index in [1.807, 2.05) is 5.32 Å². The Kier molecular flexibility index (Phi) is 6.72. The first-order valence-corrected chi connectivity index (χ1v) is 10.5. The van der Waals surface area contributed by atoms with Gasteiger partial charge in [0.25, 0.3) is 5.89 Å². The molecule has 0 aliphatic heterocycles. The van der Waals surface area contributed by atoms with Crippen molar-refractivity contribution in [3.8, 4) is 28.7 Å². The van der Waals surface area contributed by atoms with Crippen molar-refractivity contribution in [2.24, 2.45) is 0 Å². The summed E-state index contributed by atoms with van der Waals surface area (Å²) in [6.45, 7) is 1.38. The van der Waals surface area contributed by atoms with E-state index in [1.165, 1.54) is 19.1 Å². The second-order valence-corrected chi connectivity index (χ2v) is 7.66. The molecule has 0 spiro atoms. The van der Waals surface area contributed by atoms with Crippen LogP contribution in [0.5, 0.6) is 0 Å². The lowest BCUT2D eigenvalue weighted by molar-refractivity contribution is -0.141. The van der Waals surface area contributed by atoms with Crippen molar-refractivity contribution in [2.45, 2.75) is 25.7 Å². The van der Waals surface area contributed by atoms with Crippen molar-refractivity contribution < 1.29 is 32.3 Å². The Bertz CT molecular complexity index is 1380. The number of carboxylic acid groups (broad SMARTS) is 1. The highest BCUT2D eigenvalue weighted by Crippen LogP contribution is 2.33. The fourth-order valence-electron chi connectivity index (χ4n) is 3.28. The number of alkyl halides is 3. The van der Waals surface area contributed by atoms with Crippen molar-refractivity contribution in [1.82, 2.24) is 30.6 Å². The predicted octanol–water partition coefficient (Wildman–Crippen LogP) is 3.88. The molecule has 0 aliphatic carbocycles. The molecular formula is C23H19F3N6O4. The molecule has 2 amide bonds. The number of halogens is 3. The molecule has 2 aromatic carbocycles. The molecule has 0 bridgehead atoms. The van der Waals surface area contributed by atoms with E-state index in [-0.39, 0.29) is 29.7 Å². The molecule has 4 aromatic rings. The van der Waals surface area contributed by atoms with Crippen LogP contribution >= 0.6 is 0 Å². The van der Waals surface area contributed by atoms with E-state index in [2.05, 4.69) is 20.6 Å². The maximum atomic E-state index is 13.5. The number of carbonyl (C=O) groups is 2. The minimum absolute atomic E-state index is 0.000243. The van der Waals surface area contributed by atoms with Crippen LogP contribution in [0.2, 0.25) is 0 Å². The molecule has 1 atom stereocenters. The Hall–Kier alpha value is -4.68. The smallest absolute Gasteiger partial charge is 0.435 e. The summed E-state index contributed by atoms with van der Waals surface area (Å²) in [6, 6.07) is 14.9. The molecule has 0 saturated heterocycles. The first-order chi connectivity index (χ1) is 17.1. The Labute approximate surface area is 201 Å². The van der Waals surface area contributed by atoms with Gasteiger partial charge in [0.15, 0.2) is 5.69 Å². The Morgan fingerprint density at radius 3 is 2.47 bits per heavy atom. The number of rotatable bonds is 7. The van der Waals surface area contributed by atoms with Gasteiger partial charge in [0.1, 0.15) is 11.7 Å². The molecule has 0 aliphatic rings. The van der Waals surface area contributed by atoms with Gasteiger partial charge in [-0.2, -0.15) is 18.3 Å². The Morgan fingerprint density at radius 1 is 1.06 bits per heavy atom. The third-order valence-corrected chi connectivity index (χ3v) is 5.02. The van der Waals surface area contributed by atoms with E-state index in [9.17, 15) is 22.8 Å². The lowest BCUT2D eigenvalue weighted by Gasteiger charge is -2.13. The second-order valence-electron chi connectivity index (χ2n) is 7.66. The fourth-order valence-corrected chi connectivity index (χ4v) is 3.28. The van der Waals surface area contributed by atoms with Gasteiger partial charge < -0.3 is 20.2 Å². The van der Waals surface area contributed by atoms with E-state index in [0.29, 0.717) is 11.1 Å². The Morgan fingerprint density at radius 2 is 1.78 bits per heavy atom. The van der Waals surface area contributed by atoms with Crippen LogP contribution in [-0.2, 0) is 17.5 Å². The van der Waals surface area contributed by atoms with Crippen LogP contribution in [0, 0.1) is 0 Å². The minimum Gasteiger partial charge on any atom is -0.465 e. The van der Waals surface area contributed by atoms with Gasteiger partial charge in [-0.25, -0.2) is 9.48 Å². The quantitative estimate of drug-likeness (QED) is 0.350. The molecule has 186 valence electrons. The van der Waals surface area contributed by atoms with E-state index in [0.717, 1.165) is 10.7 Å². The third-order valence-electron chi connectivity index (χ3n) is 5.02. The van der Waals surface area contributed by atoms with Crippen molar-refractivity contribution in [3.63, 3.8) is 0 Å². The highest BCUT2D eigenvalue weighted by atomic mass is 19.4. The lowest BCUT2D eigenvalue weighted by atomic mass is 10.2. The molecule has 10 nitrogen and oxygen atoms in total. The average molecular weight is 500 g/mol. The van der Waals surface area contributed by atoms with Gasteiger partial charge in [-0.3, -0.25) is 4.79 Å². The van der Waals surface area contributed by atoms with Gasteiger partial charge in [0.2, 0.25) is 11.8 Å². The average Bonchev–Trinajstić information content (AvgIpc) is 3.50. The summed E-state index contributed by atoms with van der Waals surface area (Å²) in [5.41, 5.74) is 0.168. The standard InChI is InChI=1S/C23H19F3N6O4/c1-13(28-22(34)35)19(33)27-12-14-6-5-9-16(10-14)32-17(11-18(31-32)23(24,25)26)21-30-29-20(36-21)15-7-3-2-4-8-15/h2-11,13,28H,12H2,1H3,(H,27,33)(H,34,35). The molecule has 3 N–H and O–H groups in total. The topological polar surface area (TPSA) is 135 Å². The normalized spacial score (nSPS) is 12.2. The van der Waals surface area contributed by atoms with Crippen molar-refractivity contribution in [3.05, 3.63) is 71.9 Å². The number of benzene rings is 2. The number of nitrogens with zero attached hydrogens (tertiary/aromatic N) is 4. The summed E-state index contributed by atoms with van der Waals surface area (Å²) in [5.74, 6) is -0.599. The molecule has 4 rings (SSSR count). The monoisotopic (exact) mass is 500 g/mol. The third kappa shape index (κ3) is 5.51.